The molecule has 4 rings (SSSR count). The molecule has 1 atom stereocenters. The molecule has 0 radical (unpaired) electrons. The normalized spacial score (nSPS) is 15.8. The van der Waals surface area contributed by atoms with Gasteiger partial charge in [0.1, 0.15) is 18.0 Å². The number of aromatic nitrogens is 2. The molecule has 0 bridgehead atoms. The van der Waals surface area contributed by atoms with Crippen molar-refractivity contribution < 1.29 is 9.53 Å². The number of urea groups is 1. The van der Waals surface area contributed by atoms with Crippen LogP contribution in [0, 0.1) is 0 Å². The van der Waals surface area contributed by atoms with Gasteiger partial charge in [-0.25, -0.2) is 9.78 Å². The van der Waals surface area contributed by atoms with Gasteiger partial charge < -0.3 is 20.4 Å². The van der Waals surface area contributed by atoms with E-state index in [1.54, 1.807) is 6.07 Å². The summed E-state index contributed by atoms with van der Waals surface area (Å²) >= 11 is 6.01. The number of nitrogens with one attached hydrogen (secondary N) is 3. The fourth-order valence-electron chi connectivity index (χ4n) is 2.75. The van der Waals surface area contributed by atoms with Gasteiger partial charge in [0.25, 0.3) is 0 Å². The van der Waals surface area contributed by atoms with Crippen LogP contribution in [0.5, 0.6) is 5.75 Å². The highest BCUT2D eigenvalue weighted by Crippen LogP contribution is 2.34. The molecule has 3 heterocycles. The maximum absolute atomic E-state index is 12.1. The number of carbonyl (C=O) groups excluding carboxylic acids is 1. The molecule has 7 heteroatoms. The topological polar surface area (TPSA) is 79.0 Å². The lowest BCUT2D eigenvalue weighted by atomic mass is 10.1. The van der Waals surface area contributed by atoms with Crippen LogP contribution in [0.15, 0.2) is 42.6 Å². The van der Waals surface area contributed by atoms with Gasteiger partial charge in [-0.2, -0.15) is 0 Å². The van der Waals surface area contributed by atoms with Gasteiger partial charge in [-0.15, -0.1) is 0 Å². The van der Waals surface area contributed by atoms with Crippen molar-refractivity contribution in [1.82, 2.24) is 20.6 Å². The average Bonchev–Trinajstić information content (AvgIpc) is 3.19. The van der Waals surface area contributed by atoms with Gasteiger partial charge in [-0.1, -0.05) is 11.6 Å². The standard InChI is InChI=1S/C17H15ClN4O2/c18-11-2-4-15-13(7-11)14(9-24-15)22-17(23)20-8-12-3-1-10-5-6-19-16(10)21-12/h1-7,14H,8-9H2,(H,19,21)(H2,20,22,23)/t14-/m0/s1. The third kappa shape index (κ3) is 2.88. The second kappa shape index (κ2) is 6.05. The maximum Gasteiger partial charge on any atom is 0.315 e. The molecule has 1 aromatic carbocycles. The largest absolute Gasteiger partial charge is 0.491 e. The van der Waals surface area contributed by atoms with Gasteiger partial charge >= 0.3 is 6.03 Å². The zero-order valence-electron chi connectivity index (χ0n) is 12.7. The van der Waals surface area contributed by atoms with Crippen LogP contribution in [0.3, 0.4) is 0 Å². The summed E-state index contributed by atoms with van der Waals surface area (Å²) < 4.78 is 5.55. The van der Waals surface area contributed by atoms with Crippen LogP contribution in [-0.2, 0) is 6.54 Å². The van der Waals surface area contributed by atoms with E-state index in [1.807, 2.05) is 36.5 Å². The van der Waals surface area contributed by atoms with Crippen molar-refractivity contribution in [2.45, 2.75) is 12.6 Å². The minimum absolute atomic E-state index is 0.211. The molecule has 6 nitrogen and oxygen atoms in total. The van der Waals surface area contributed by atoms with Gasteiger partial charge in [0.15, 0.2) is 0 Å². The van der Waals surface area contributed by atoms with Crippen LogP contribution in [0.1, 0.15) is 17.3 Å². The Balaban J connectivity index is 1.38. The van der Waals surface area contributed by atoms with E-state index in [1.165, 1.54) is 0 Å². The summed E-state index contributed by atoms with van der Waals surface area (Å²) in [5.74, 6) is 0.753. The molecule has 0 saturated heterocycles. The molecule has 0 saturated carbocycles. The first-order valence-corrected chi connectivity index (χ1v) is 7.96. The Hall–Kier alpha value is -2.73. The monoisotopic (exact) mass is 342 g/mol. The van der Waals surface area contributed by atoms with E-state index in [0.29, 0.717) is 18.2 Å². The number of nitrogens with zero attached hydrogens (tertiary/aromatic N) is 1. The number of ether oxygens (including phenoxy) is 1. The molecule has 0 spiro atoms. The lowest BCUT2D eigenvalue weighted by molar-refractivity contribution is 0.231. The lowest BCUT2D eigenvalue weighted by Gasteiger charge is -2.13. The molecule has 3 aromatic rings. The van der Waals surface area contributed by atoms with E-state index in [9.17, 15) is 4.79 Å². The number of benzene rings is 1. The summed E-state index contributed by atoms with van der Waals surface area (Å²) in [7, 11) is 0. The minimum Gasteiger partial charge on any atom is -0.491 e. The number of amides is 2. The number of halogens is 1. The zero-order chi connectivity index (χ0) is 16.5. The van der Waals surface area contributed by atoms with Crippen molar-refractivity contribution in [2.75, 3.05) is 6.61 Å². The number of hydrogen-bond donors (Lipinski definition) is 3. The first-order valence-electron chi connectivity index (χ1n) is 7.59. The predicted octanol–water partition coefficient (Wildman–Crippen LogP) is 3.15. The molecule has 0 fully saturated rings. The highest BCUT2D eigenvalue weighted by molar-refractivity contribution is 6.30. The van der Waals surface area contributed by atoms with E-state index in [-0.39, 0.29) is 12.1 Å². The van der Waals surface area contributed by atoms with E-state index < -0.39 is 0 Å². The molecule has 24 heavy (non-hydrogen) atoms. The Labute approximate surface area is 143 Å². The van der Waals surface area contributed by atoms with Gasteiger partial charge in [0.05, 0.1) is 18.3 Å². The summed E-state index contributed by atoms with van der Waals surface area (Å²) in [5, 5.41) is 7.37. The number of hydrogen-bond acceptors (Lipinski definition) is 3. The van der Waals surface area contributed by atoms with Gasteiger partial charge in [-0.05, 0) is 36.4 Å². The molecule has 2 aromatic heterocycles. The van der Waals surface area contributed by atoms with E-state index in [4.69, 9.17) is 16.3 Å². The van der Waals surface area contributed by atoms with Crippen LogP contribution in [0.4, 0.5) is 4.79 Å². The van der Waals surface area contributed by atoms with Gasteiger partial charge in [-0.3, -0.25) is 0 Å². The molecule has 0 unspecified atom stereocenters. The summed E-state index contributed by atoms with van der Waals surface area (Å²) in [4.78, 5) is 19.6. The first kappa shape index (κ1) is 14.8. The van der Waals surface area contributed by atoms with Crippen molar-refractivity contribution in [3.05, 3.63) is 58.9 Å². The Bertz CT molecular complexity index is 908. The minimum atomic E-state index is -0.273. The van der Waals surface area contributed by atoms with Crippen molar-refractivity contribution >= 4 is 28.7 Å². The summed E-state index contributed by atoms with van der Waals surface area (Å²) in [6.45, 7) is 0.743. The molecule has 1 aliphatic rings. The number of fused-ring (bicyclic) bond motifs is 2. The summed E-state index contributed by atoms with van der Waals surface area (Å²) in [5.41, 5.74) is 2.48. The highest BCUT2D eigenvalue weighted by atomic mass is 35.5. The maximum atomic E-state index is 12.1. The molecular weight excluding hydrogens is 328 g/mol. The van der Waals surface area contributed by atoms with E-state index >= 15 is 0 Å². The van der Waals surface area contributed by atoms with Gasteiger partial charge in [0.2, 0.25) is 0 Å². The van der Waals surface area contributed by atoms with Crippen LogP contribution >= 0.6 is 11.6 Å². The lowest BCUT2D eigenvalue weighted by Crippen LogP contribution is -2.38. The SMILES string of the molecule is O=C(NCc1ccc2cc[nH]c2n1)N[C@H]1COc2ccc(Cl)cc21. The number of rotatable bonds is 3. The van der Waals surface area contributed by atoms with Crippen LogP contribution < -0.4 is 15.4 Å². The number of pyridine rings is 1. The predicted molar refractivity (Wildman–Crippen MR) is 91.2 cm³/mol. The van der Waals surface area contributed by atoms with Crippen molar-refractivity contribution in [3.63, 3.8) is 0 Å². The molecule has 2 amide bonds. The van der Waals surface area contributed by atoms with E-state index in [0.717, 1.165) is 28.0 Å². The fourth-order valence-corrected chi connectivity index (χ4v) is 2.94. The quantitative estimate of drug-likeness (QED) is 0.684. The third-order valence-corrected chi connectivity index (χ3v) is 4.19. The molecule has 3 N–H and O–H groups in total. The number of carbonyl (C=O) groups is 1. The van der Waals surface area contributed by atoms with E-state index in [2.05, 4.69) is 20.6 Å². The highest BCUT2D eigenvalue weighted by Gasteiger charge is 2.25. The number of aromatic amines is 1. The Morgan fingerprint density at radius 3 is 3.17 bits per heavy atom. The van der Waals surface area contributed by atoms with Crippen molar-refractivity contribution in [1.29, 1.82) is 0 Å². The van der Waals surface area contributed by atoms with Crippen molar-refractivity contribution in [2.24, 2.45) is 0 Å². The Morgan fingerprint density at radius 1 is 1.33 bits per heavy atom. The smallest absolute Gasteiger partial charge is 0.315 e. The van der Waals surface area contributed by atoms with Gasteiger partial charge in [0, 0.05) is 22.2 Å². The number of H-pyrrole nitrogens is 1. The summed E-state index contributed by atoms with van der Waals surface area (Å²) in [6.07, 6.45) is 1.84. The third-order valence-electron chi connectivity index (χ3n) is 3.96. The summed E-state index contributed by atoms with van der Waals surface area (Å²) in [6, 6.07) is 10.7. The fraction of sp³-hybridized carbons (Fsp3) is 0.176. The molecular formula is C17H15ClN4O2. The van der Waals surface area contributed by atoms with Crippen LogP contribution in [-0.4, -0.2) is 22.6 Å². The molecule has 1 aliphatic heterocycles. The molecule has 0 aliphatic carbocycles. The second-order valence-electron chi connectivity index (χ2n) is 5.59. The second-order valence-corrected chi connectivity index (χ2v) is 6.03. The first-order chi connectivity index (χ1) is 11.7. The zero-order valence-corrected chi connectivity index (χ0v) is 13.4. The van der Waals surface area contributed by atoms with Crippen LogP contribution in [0.25, 0.3) is 11.0 Å². The molecule has 122 valence electrons. The van der Waals surface area contributed by atoms with Crippen LogP contribution in [0.2, 0.25) is 5.02 Å². The van der Waals surface area contributed by atoms with Crippen molar-refractivity contribution in [3.8, 4) is 5.75 Å². The average molecular weight is 343 g/mol. The Morgan fingerprint density at radius 2 is 2.25 bits per heavy atom. The Kier molecular flexibility index (Phi) is 3.74.